The summed E-state index contributed by atoms with van der Waals surface area (Å²) in [6, 6.07) is 19.2. The molecule has 2 nitrogen and oxygen atoms in total. The normalized spacial score (nSPS) is 10.5. The summed E-state index contributed by atoms with van der Waals surface area (Å²) in [6.07, 6.45) is 5.94. The minimum Gasteiger partial charge on any atom is -0.345 e. The molecule has 0 aliphatic rings. The number of nitrogens with zero attached hydrogens (tertiary/aromatic N) is 1. The van der Waals surface area contributed by atoms with Crippen LogP contribution in [0.25, 0.3) is 0 Å². The maximum Gasteiger partial charge on any atom is 0.173 e. The summed E-state index contributed by atoms with van der Waals surface area (Å²) in [5.74, 6) is 0. The van der Waals surface area contributed by atoms with Gasteiger partial charge in [-0.3, -0.25) is 0 Å². The van der Waals surface area contributed by atoms with Crippen molar-refractivity contribution in [2.45, 2.75) is 52.5 Å². The lowest BCUT2D eigenvalue weighted by Crippen LogP contribution is -2.35. The van der Waals surface area contributed by atoms with Gasteiger partial charge in [0.15, 0.2) is 5.11 Å². The summed E-state index contributed by atoms with van der Waals surface area (Å²) in [6.45, 7) is 6.27. The van der Waals surface area contributed by atoms with E-state index in [0.29, 0.717) is 0 Å². The van der Waals surface area contributed by atoms with Crippen LogP contribution in [0.15, 0.2) is 54.6 Å². The lowest BCUT2D eigenvalue weighted by Gasteiger charge is -2.26. The Morgan fingerprint density at radius 1 is 0.880 bits per heavy atom. The fourth-order valence-electron chi connectivity index (χ4n) is 2.74. The van der Waals surface area contributed by atoms with E-state index in [2.05, 4.69) is 78.7 Å². The first-order valence-electron chi connectivity index (χ1n) is 9.41. The van der Waals surface area contributed by atoms with Gasteiger partial charge in [0.2, 0.25) is 0 Å². The SMILES string of the molecule is CCCCc1ccc(NC(=S)N(CCCC)Cc2ccccc2)cc1. The second-order valence-corrected chi connectivity index (χ2v) is 6.88. The van der Waals surface area contributed by atoms with Crippen molar-refractivity contribution in [3.8, 4) is 0 Å². The second-order valence-electron chi connectivity index (χ2n) is 6.49. The Balaban J connectivity index is 1.98. The highest BCUT2D eigenvalue weighted by molar-refractivity contribution is 7.80. The van der Waals surface area contributed by atoms with Crippen molar-refractivity contribution in [3.63, 3.8) is 0 Å². The van der Waals surface area contributed by atoms with Crippen LogP contribution in [0, 0.1) is 0 Å². The summed E-state index contributed by atoms with van der Waals surface area (Å²) >= 11 is 5.69. The van der Waals surface area contributed by atoms with Crippen molar-refractivity contribution < 1.29 is 0 Å². The van der Waals surface area contributed by atoms with Crippen molar-refractivity contribution in [1.29, 1.82) is 0 Å². The van der Waals surface area contributed by atoms with Crippen molar-refractivity contribution in [1.82, 2.24) is 4.90 Å². The average Bonchev–Trinajstić information content (AvgIpc) is 2.65. The molecule has 0 saturated heterocycles. The lowest BCUT2D eigenvalue weighted by atomic mass is 10.1. The van der Waals surface area contributed by atoms with Gasteiger partial charge in [-0.25, -0.2) is 0 Å². The zero-order valence-electron chi connectivity index (χ0n) is 15.5. The van der Waals surface area contributed by atoms with Crippen LogP contribution in [0.3, 0.4) is 0 Å². The van der Waals surface area contributed by atoms with Gasteiger partial charge < -0.3 is 10.2 Å². The lowest BCUT2D eigenvalue weighted by molar-refractivity contribution is 0.408. The molecule has 3 heteroatoms. The van der Waals surface area contributed by atoms with Gasteiger partial charge in [-0.05, 0) is 54.7 Å². The Kier molecular flexibility index (Phi) is 8.47. The van der Waals surface area contributed by atoms with Gasteiger partial charge in [0.1, 0.15) is 0 Å². The summed E-state index contributed by atoms with van der Waals surface area (Å²) in [5.41, 5.74) is 3.75. The molecule has 0 aliphatic carbocycles. The number of nitrogens with one attached hydrogen (secondary N) is 1. The predicted molar refractivity (Wildman–Crippen MR) is 113 cm³/mol. The van der Waals surface area contributed by atoms with Crippen LogP contribution < -0.4 is 5.32 Å². The fourth-order valence-corrected chi connectivity index (χ4v) is 3.02. The molecule has 2 rings (SSSR count). The van der Waals surface area contributed by atoms with E-state index in [1.807, 2.05) is 0 Å². The number of benzene rings is 2. The maximum absolute atomic E-state index is 5.69. The molecule has 0 unspecified atom stereocenters. The second kappa shape index (κ2) is 10.9. The molecule has 134 valence electrons. The zero-order valence-corrected chi connectivity index (χ0v) is 16.3. The average molecular weight is 355 g/mol. The van der Waals surface area contributed by atoms with E-state index >= 15 is 0 Å². The number of unbranched alkanes of at least 4 members (excludes halogenated alkanes) is 2. The largest absolute Gasteiger partial charge is 0.345 e. The Labute approximate surface area is 158 Å². The van der Waals surface area contributed by atoms with E-state index < -0.39 is 0 Å². The molecular weight excluding hydrogens is 324 g/mol. The van der Waals surface area contributed by atoms with E-state index in [4.69, 9.17) is 12.2 Å². The van der Waals surface area contributed by atoms with E-state index in [0.717, 1.165) is 36.7 Å². The van der Waals surface area contributed by atoms with E-state index in [-0.39, 0.29) is 0 Å². The third-order valence-corrected chi connectivity index (χ3v) is 4.67. The molecule has 0 saturated carbocycles. The van der Waals surface area contributed by atoms with Gasteiger partial charge in [0.25, 0.3) is 0 Å². The smallest absolute Gasteiger partial charge is 0.173 e. The maximum atomic E-state index is 5.69. The minimum atomic E-state index is 0.804. The van der Waals surface area contributed by atoms with Gasteiger partial charge in [0, 0.05) is 18.8 Å². The molecular formula is C22H30N2S. The Bertz CT molecular complexity index is 622. The molecule has 0 spiro atoms. The van der Waals surface area contributed by atoms with Crippen LogP contribution in [-0.2, 0) is 13.0 Å². The molecule has 0 heterocycles. The Hall–Kier alpha value is -1.87. The summed E-state index contributed by atoms with van der Waals surface area (Å²) < 4.78 is 0. The van der Waals surface area contributed by atoms with Crippen LogP contribution >= 0.6 is 12.2 Å². The molecule has 0 fully saturated rings. The van der Waals surface area contributed by atoms with Crippen molar-refractivity contribution >= 4 is 23.0 Å². The number of hydrogen-bond acceptors (Lipinski definition) is 1. The minimum absolute atomic E-state index is 0.804. The number of rotatable bonds is 9. The molecule has 0 amide bonds. The van der Waals surface area contributed by atoms with E-state index in [9.17, 15) is 0 Å². The highest BCUT2D eigenvalue weighted by Gasteiger charge is 2.10. The standard InChI is InChI=1S/C22H30N2S/c1-3-5-10-19-13-15-21(16-14-19)23-22(25)24(17-6-4-2)18-20-11-8-7-9-12-20/h7-9,11-16H,3-6,10,17-18H2,1-2H3,(H,23,25). The Morgan fingerprint density at radius 3 is 2.20 bits per heavy atom. The number of hydrogen-bond donors (Lipinski definition) is 1. The molecule has 1 N–H and O–H groups in total. The quantitative estimate of drug-likeness (QED) is 0.554. The zero-order chi connectivity index (χ0) is 17.9. The molecule has 0 aliphatic heterocycles. The van der Waals surface area contributed by atoms with Crippen molar-refractivity contribution in [2.24, 2.45) is 0 Å². The monoisotopic (exact) mass is 354 g/mol. The number of thiocarbonyl (C=S) groups is 1. The molecule has 25 heavy (non-hydrogen) atoms. The van der Waals surface area contributed by atoms with E-state index in [1.54, 1.807) is 0 Å². The predicted octanol–water partition coefficient (Wildman–Crippen LogP) is 6.03. The number of anilines is 1. The van der Waals surface area contributed by atoms with Crippen molar-refractivity contribution in [2.75, 3.05) is 11.9 Å². The van der Waals surface area contributed by atoms with Crippen LogP contribution in [0.5, 0.6) is 0 Å². The van der Waals surface area contributed by atoms with Gasteiger partial charge >= 0.3 is 0 Å². The van der Waals surface area contributed by atoms with Crippen LogP contribution in [0.1, 0.15) is 50.7 Å². The highest BCUT2D eigenvalue weighted by atomic mass is 32.1. The van der Waals surface area contributed by atoms with Crippen LogP contribution in [0.2, 0.25) is 0 Å². The van der Waals surface area contributed by atoms with Gasteiger partial charge in [-0.15, -0.1) is 0 Å². The van der Waals surface area contributed by atoms with Crippen LogP contribution in [0.4, 0.5) is 5.69 Å². The molecule has 0 bridgehead atoms. The molecule has 0 radical (unpaired) electrons. The highest BCUT2D eigenvalue weighted by Crippen LogP contribution is 2.14. The first-order chi connectivity index (χ1) is 12.2. The van der Waals surface area contributed by atoms with Crippen LogP contribution in [-0.4, -0.2) is 16.6 Å². The van der Waals surface area contributed by atoms with E-state index in [1.165, 1.54) is 30.4 Å². The summed E-state index contributed by atoms with van der Waals surface area (Å²) in [5, 5.41) is 4.22. The molecule has 0 aromatic heterocycles. The molecule has 2 aromatic rings. The fraction of sp³-hybridized carbons (Fsp3) is 0.409. The van der Waals surface area contributed by atoms with Gasteiger partial charge in [-0.1, -0.05) is 69.2 Å². The van der Waals surface area contributed by atoms with Gasteiger partial charge in [0.05, 0.1) is 0 Å². The van der Waals surface area contributed by atoms with Gasteiger partial charge in [-0.2, -0.15) is 0 Å². The first kappa shape index (κ1) is 19.5. The Morgan fingerprint density at radius 2 is 1.56 bits per heavy atom. The first-order valence-corrected chi connectivity index (χ1v) is 9.82. The third-order valence-electron chi connectivity index (χ3n) is 4.31. The molecule has 2 aromatic carbocycles. The molecule has 0 atom stereocenters. The van der Waals surface area contributed by atoms with Crippen molar-refractivity contribution in [3.05, 3.63) is 65.7 Å². The number of aryl methyl sites for hydroxylation is 1. The summed E-state index contributed by atoms with van der Waals surface area (Å²) in [4.78, 5) is 2.26. The summed E-state index contributed by atoms with van der Waals surface area (Å²) in [7, 11) is 0. The third kappa shape index (κ3) is 6.87. The topological polar surface area (TPSA) is 15.3 Å².